The summed E-state index contributed by atoms with van der Waals surface area (Å²) in [5, 5.41) is 19.2. The van der Waals surface area contributed by atoms with E-state index >= 15 is 0 Å². The molecule has 0 spiro atoms. The van der Waals surface area contributed by atoms with Crippen LogP contribution in [0.1, 0.15) is 30.2 Å². The van der Waals surface area contributed by atoms with Crippen molar-refractivity contribution in [3.8, 4) is 5.69 Å². The number of aryl methyl sites for hydroxylation is 1. The van der Waals surface area contributed by atoms with Crippen molar-refractivity contribution in [2.75, 3.05) is 7.05 Å². The van der Waals surface area contributed by atoms with E-state index in [1.165, 1.54) is 0 Å². The predicted octanol–water partition coefficient (Wildman–Crippen LogP) is 2.35. The Kier molecular flexibility index (Phi) is 7.34. The fraction of sp³-hybridized carbons (Fsp3) is 0.333. The quantitative estimate of drug-likeness (QED) is 0.333. The van der Waals surface area contributed by atoms with E-state index in [9.17, 15) is 0 Å². The molecule has 0 amide bonds. The molecule has 0 saturated heterocycles. The molecule has 0 bridgehead atoms. The molecule has 0 aliphatic heterocycles. The van der Waals surface area contributed by atoms with Gasteiger partial charge in [-0.3, -0.25) is 4.99 Å². The summed E-state index contributed by atoms with van der Waals surface area (Å²) >= 11 is 0. The van der Waals surface area contributed by atoms with Gasteiger partial charge in [-0.05, 0) is 37.6 Å². The van der Waals surface area contributed by atoms with Gasteiger partial charge in [0.05, 0.1) is 18.3 Å². The van der Waals surface area contributed by atoms with Gasteiger partial charge in [-0.1, -0.05) is 12.1 Å². The average Bonchev–Trinajstić information content (AvgIpc) is 3.30. The lowest BCUT2D eigenvalue weighted by molar-refractivity contribution is 0.667. The Morgan fingerprint density at radius 2 is 2.07 bits per heavy atom. The number of aromatic nitrogens is 5. The van der Waals surface area contributed by atoms with Crippen molar-refractivity contribution in [1.82, 2.24) is 35.2 Å². The summed E-state index contributed by atoms with van der Waals surface area (Å²) in [7, 11) is 3.70. The van der Waals surface area contributed by atoms with Crippen LogP contribution in [0.3, 0.4) is 0 Å². The first-order chi connectivity index (χ1) is 12.6. The first kappa shape index (κ1) is 20.9. The van der Waals surface area contributed by atoms with E-state index in [1.807, 2.05) is 47.6 Å². The highest BCUT2D eigenvalue weighted by molar-refractivity contribution is 14.0. The normalized spacial score (nSPS) is 12.4. The van der Waals surface area contributed by atoms with Gasteiger partial charge in [0.25, 0.3) is 0 Å². The molecular formula is C18H25IN8. The standard InChI is InChI=1S/C18H24N8.HI/c1-13(15-7-5-8-16(11-15)26-10-6-9-21-26)22-18(19-3)20-12-17-24-23-14(2)25(17)4;/h5-11,13H,12H2,1-4H3,(H2,19,20,22);1H. The molecular weight excluding hydrogens is 455 g/mol. The molecule has 0 fully saturated rings. The highest BCUT2D eigenvalue weighted by atomic mass is 127. The zero-order chi connectivity index (χ0) is 18.5. The van der Waals surface area contributed by atoms with Gasteiger partial charge in [0.15, 0.2) is 11.8 Å². The topological polar surface area (TPSA) is 85.0 Å². The molecule has 8 nitrogen and oxygen atoms in total. The number of hydrogen-bond acceptors (Lipinski definition) is 4. The largest absolute Gasteiger partial charge is 0.350 e. The molecule has 1 atom stereocenters. The zero-order valence-corrected chi connectivity index (χ0v) is 18.2. The number of nitrogens with zero attached hydrogens (tertiary/aromatic N) is 6. The second-order valence-corrected chi connectivity index (χ2v) is 6.06. The Balaban J connectivity index is 0.00000261. The van der Waals surface area contributed by atoms with E-state index in [-0.39, 0.29) is 30.0 Å². The van der Waals surface area contributed by atoms with Crippen molar-refractivity contribution < 1.29 is 0 Å². The van der Waals surface area contributed by atoms with Gasteiger partial charge in [0, 0.05) is 26.5 Å². The Bertz CT molecular complexity index is 885. The monoisotopic (exact) mass is 480 g/mol. The molecule has 0 saturated carbocycles. The molecule has 3 aromatic rings. The Morgan fingerprint density at radius 1 is 1.26 bits per heavy atom. The molecule has 144 valence electrons. The Labute approximate surface area is 176 Å². The SMILES string of the molecule is CN=C(NCc1nnc(C)n1C)NC(C)c1cccc(-n2cccn2)c1.I. The first-order valence-electron chi connectivity index (χ1n) is 8.50. The molecule has 27 heavy (non-hydrogen) atoms. The molecule has 2 heterocycles. The third kappa shape index (κ3) is 5.06. The maximum atomic E-state index is 4.30. The van der Waals surface area contributed by atoms with Gasteiger partial charge >= 0.3 is 0 Å². The first-order valence-corrected chi connectivity index (χ1v) is 8.50. The fourth-order valence-corrected chi connectivity index (χ4v) is 2.61. The summed E-state index contributed by atoms with van der Waals surface area (Å²) in [5.41, 5.74) is 2.18. The van der Waals surface area contributed by atoms with Gasteiger partial charge in [-0.25, -0.2) is 4.68 Å². The number of halogens is 1. The van der Waals surface area contributed by atoms with Crippen LogP contribution >= 0.6 is 24.0 Å². The number of guanidine groups is 1. The van der Waals surface area contributed by atoms with Crippen molar-refractivity contribution in [3.05, 3.63) is 59.9 Å². The molecule has 9 heteroatoms. The van der Waals surface area contributed by atoms with Crippen LogP contribution in [0.15, 0.2) is 47.7 Å². The van der Waals surface area contributed by atoms with Crippen LogP contribution < -0.4 is 10.6 Å². The Hall–Kier alpha value is -2.43. The molecule has 0 aliphatic carbocycles. The summed E-state index contributed by atoms with van der Waals surface area (Å²) < 4.78 is 3.80. The minimum atomic E-state index is 0. The lowest BCUT2D eigenvalue weighted by atomic mass is 10.1. The molecule has 0 aliphatic rings. The van der Waals surface area contributed by atoms with E-state index in [0.29, 0.717) is 12.5 Å². The number of hydrogen-bond donors (Lipinski definition) is 2. The second kappa shape index (κ2) is 9.49. The number of benzene rings is 1. The third-order valence-electron chi connectivity index (χ3n) is 4.31. The zero-order valence-electron chi connectivity index (χ0n) is 15.9. The van der Waals surface area contributed by atoms with Crippen LogP contribution in [0.25, 0.3) is 5.69 Å². The van der Waals surface area contributed by atoms with E-state index in [1.54, 1.807) is 13.2 Å². The second-order valence-electron chi connectivity index (χ2n) is 6.06. The van der Waals surface area contributed by atoms with Crippen LogP contribution in [0.5, 0.6) is 0 Å². The van der Waals surface area contributed by atoms with E-state index in [4.69, 9.17) is 0 Å². The molecule has 2 aromatic heterocycles. The molecule has 1 aromatic carbocycles. The van der Waals surface area contributed by atoms with Gasteiger partial charge in [-0.2, -0.15) is 5.10 Å². The summed E-state index contributed by atoms with van der Waals surface area (Å²) in [5.74, 6) is 2.45. The van der Waals surface area contributed by atoms with Crippen molar-refractivity contribution >= 4 is 29.9 Å². The minimum Gasteiger partial charge on any atom is -0.350 e. The van der Waals surface area contributed by atoms with Gasteiger partial charge in [0.1, 0.15) is 5.82 Å². The average molecular weight is 480 g/mol. The van der Waals surface area contributed by atoms with E-state index in [2.05, 4.69) is 50.0 Å². The number of aliphatic imine (C=N–C) groups is 1. The lowest BCUT2D eigenvalue weighted by Crippen LogP contribution is -2.38. The maximum absolute atomic E-state index is 4.30. The van der Waals surface area contributed by atoms with Crippen molar-refractivity contribution in [2.45, 2.75) is 26.4 Å². The summed E-state index contributed by atoms with van der Waals surface area (Å²) in [6, 6.07) is 10.3. The molecule has 1 unspecified atom stereocenters. The number of rotatable bonds is 5. The summed E-state index contributed by atoms with van der Waals surface area (Å²) in [6.07, 6.45) is 3.70. The van der Waals surface area contributed by atoms with Crippen molar-refractivity contribution in [2.24, 2.45) is 12.0 Å². The third-order valence-corrected chi connectivity index (χ3v) is 4.31. The highest BCUT2D eigenvalue weighted by Crippen LogP contribution is 2.16. The predicted molar refractivity (Wildman–Crippen MR) is 116 cm³/mol. The highest BCUT2D eigenvalue weighted by Gasteiger charge is 2.11. The van der Waals surface area contributed by atoms with Crippen molar-refractivity contribution in [1.29, 1.82) is 0 Å². The van der Waals surface area contributed by atoms with Crippen LogP contribution in [-0.2, 0) is 13.6 Å². The maximum Gasteiger partial charge on any atom is 0.191 e. The van der Waals surface area contributed by atoms with Gasteiger partial charge in [0.2, 0.25) is 0 Å². The fourth-order valence-electron chi connectivity index (χ4n) is 2.61. The van der Waals surface area contributed by atoms with E-state index in [0.717, 1.165) is 22.9 Å². The van der Waals surface area contributed by atoms with Crippen LogP contribution in [0.4, 0.5) is 0 Å². The smallest absolute Gasteiger partial charge is 0.191 e. The minimum absolute atomic E-state index is 0. The molecule has 3 rings (SSSR count). The summed E-state index contributed by atoms with van der Waals surface area (Å²) in [4.78, 5) is 4.30. The number of nitrogens with one attached hydrogen (secondary N) is 2. The van der Waals surface area contributed by atoms with Crippen LogP contribution in [0, 0.1) is 6.92 Å². The van der Waals surface area contributed by atoms with E-state index < -0.39 is 0 Å². The van der Waals surface area contributed by atoms with Gasteiger partial charge < -0.3 is 15.2 Å². The summed E-state index contributed by atoms with van der Waals surface area (Å²) in [6.45, 7) is 4.58. The van der Waals surface area contributed by atoms with Gasteiger partial charge in [-0.15, -0.1) is 34.2 Å². The Morgan fingerprint density at radius 3 is 2.70 bits per heavy atom. The van der Waals surface area contributed by atoms with Crippen LogP contribution in [0.2, 0.25) is 0 Å². The molecule has 0 radical (unpaired) electrons. The van der Waals surface area contributed by atoms with Crippen molar-refractivity contribution in [3.63, 3.8) is 0 Å². The molecule has 2 N–H and O–H groups in total. The lowest BCUT2D eigenvalue weighted by Gasteiger charge is -2.19. The van der Waals surface area contributed by atoms with Crippen LogP contribution in [-0.4, -0.2) is 37.6 Å².